The fourth-order valence-electron chi connectivity index (χ4n) is 3.59. The van der Waals surface area contributed by atoms with Crippen LogP contribution in [0.5, 0.6) is 23.0 Å². The van der Waals surface area contributed by atoms with Gasteiger partial charge in [-0.1, -0.05) is 24.3 Å². The number of methoxy groups -OCH3 is 4. The number of nitro benzene ring substituents is 1. The minimum atomic E-state index is -4.10. The van der Waals surface area contributed by atoms with Gasteiger partial charge in [0.05, 0.1) is 44.0 Å². The first kappa shape index (κ1) is 26.5. The van der Waals surface area contributed by atoms with Crippen molar-refractivity contribution >= 4 is 27.7 Å². The van der Waals surface area contributed by atoms with Gasteiger partial charge in [0.25, 0.3) is 5.69 Å². The highest BCUT2D eigenvalue weighted by atomic mass is 32.2. The third-order valence-corrected chi connectivity index (χ3v) is 6.96. The number of nitrogens with zero attached hydrogens (tertiary/aromatic N) is 1. The number of nitro groups is 1. The molecule has 190 valence electrons. The molecule has 36 heavy (non-hydrogen) atoms. The second-order valence-corrected chi connectivity index (χ2v) is 9.44. The summed E-state index contributed by atoms with van der Waals surface area (Å²) < 4.78 is 62.0. The predicted octanol–water partition coefficient (Wildman–Crippen LogP) is 4.91. The van der Waals surface area contributed by atoms with Gasteiger partial charge in [-0.2, -0.15) is 0 Å². The Morgan fingerprint density at radius 1 is 0.889 bits per heavy atom. The van der Waals surface area contributed by atoms with Crippen molar-refractivity contribution in [3.8, 4) is 23.0 Å². The molecule has 0 aliphatic carbocycles. The number of ether oxygens (including phenoxy) is 4. The van der Waals surface area contributed by atoms with E-state index in [9.17, 15) is 22.9 Å². The summed E-state index contributed by atoms with van der Waals surface area (Å²) in [5.41, 5.74) is 0.703. The molecule has 0 aromatic heterocycles. The fourth-order valence-corrected chi connectivity index (χ4v) is 5.02. The van der Waals surface area contributed by atoms with Crippen LogP contribution < -0.4 is 18.9 Å². The van der Waals surface area contributed by atoms with Crippen molar-refractivity contribution in [3.05, 3.63) is 81.2 Å². The molecule has 9 nitrogen and oxygen atoms in total. The van der Waals surface area contributed by atoms with Gasteiger partial charge in [0.15, 0.2) is 32.9 Å². The van der Waals surface area contributed by atoms with Gasteiger partial charge in [-0.25, -0.2) is 12.8 Å². The molecule has 0 fully saturated rings. The predicted molar refractivity (Wildman–Crippen MR) is 132 cm³/mol. The average Bonchev–Trinajstić information content (AvgIpc) is 2.87. The molecule has 0 heterocycles. The topological polar surface area (TPSA) is 114 Å². The van der Waals surface area contributed by atoms with Crippen molar-refractivity contribution in [2.45, 2.75) is 10.6 Å². The third kappa shape index (κ3) is 5.57. The van der Waals surface area contributed by atoms with Crippen molar-refractivity contribution in [2.24, 2.45) is 0 Å². The standard InChI is InChI=1S/C25H24FNO8S/c1-32-22-12-16(13-23(33-2)25(22)35-4)8-9-17-10-11-21(26)24(34-3)20(17)15-36(30,31)19-7-5-6-18(14-19)27(28)29/h5-14H,15H2,1-4H3/b9-8-. The van der Waals surface area contributed by atoms with Crippen molar-refractivity contribution in [2.75, 3.05) is 28.4 Å². The van der Waals surface area contributed by atoms with Crippen LogP contribution in [-0.2, 0) is 15.6 Å². The lowest BCUT2D eigenvalue weighted by molar-refractivity contribution is -0.385. The number of sulfone groups is 1. The van der Waals surface area contributed by atoms with Crippen LogP contribution >= 0.6 is 0 Å². The van der Waals surface area contributed by atoms with Gasteiger partial charge in [0, 0.05) is 17.7 Å². The zero-order valence-corrected chi connectivity index (χ0v) is 20.8. The first-order valence-electron chi connectivity index (χ1n) is 10.5. The molecule has 0 amide bonds. The Kier molecular flexibility index (Phi) is 8.15. The van der Waals surface area contributed by atoms with E-state index in [-0.39, 0.29) is 21.9 Å². The molecule has 0 saturated heterocycles. The molecule has 3 rings (SSSR count). The second-order valence-electron chi connectivity index (χ2n) is 7.45. The molecule has 0 aliphatic rings. The van der Waals surface area contributed by atoms with E-state index in [4.69, 9.17) is 18.9 Å². The van der Waals surface area contributed by atoms with Gasteiger partial charge in [-0.05, 0) is 35.4 Å². The van der Waals surface area contributed by atoms with Crippen LogP contribution in [0.15, 0.2) is 53.4 Å². The normalized spacial score (nSPS) is 11.4. The van der Waals surface area contributed by atoms with Crippen molar-refractivity contribution < 1.29 is 36.7 Å². The molecule has 0 spiro atoms. The molecular weight excluding hydrogens is 493 g/mol. The Balaban J connectivity index is 2.08. The summed E-state index contributed by atoms with van der Waals surface area (Å²) in [5.74, 6) is -0.389. The zero-order valence-electron chi connectivity index (χ0n) is 20.0. The van der Waals surface area contributed by atoms with Crippen LogP contribution in [0.1, 0.15) is 16.7 Å². The molecule has 3 aromatic carbocycles. The molecule has 0 aliphatic heterocycles. The summed E-state index contributed by atoms with van der Waals surface area (Å²) >= 11 is 0. The summed E-state index contributed by atoms with van der Waals surface area (Å²) in [4.78, 5) is 10.1. The van der Waals surface area contributed by atoms with Crippen LogP contribution in [0.25, 0.3) is 12.2 Å². The van der Waals surface area contributed by atoms with Crippen molar-refractivity contribution in [1.29, 1.82) is 0 Å². The van der Waals surface area contributed by atoms with Gasteiger partial charge in [-0.3, -0.25) is 10.1 Å². The number of rotatable bonds is 10. The minimum absolute atomic E-state index is 0.0627. The summed E-state index contributed by atoms with van der Waals surface area (Å²) in [7, 11) is 1.57. The summed E-state index contributed by atoms with van der Waals surface area (Å²) in [6.45, 7) is 0. The molecule has 0 N–H and O–H groups in total. The number of hydrogen-bond donors (Lipinski definition) is 0. The first-order chi connectivity index (χ1) is 17.1. The molecule has 11 heteroatoms. The van der Waals surface area contributed by atoms with Crippen LogP contribution in [-0.4, -0.2) is 41.8 Å². The molecule has 0 radical (unpaired) electrons. The van der Waals surface area contributed by atoms with Crippen LogP contribution in [0.2, 0.25) is 0 Å². The van der Waals surface area contributed by atoms with Crippen molar-refractivity contribution in [3.63, 3.8) is 0 Å². The van der Waals surface area contributed by atoms with E-state index in [0.717, 1.165) is 12.1 Å². The highest BCUT2D eigenvalue weighted by Gasteiger charge is 2.24. The van der Waals surface area contributed by atoms with Gasteiger partial charge < -0.3 is 18.9 Å². The smallest absolute Gasteiger partial charge is 0.270 e. The maximum absolute atomic E-state index is 14.5. The molecular formula is C25H24FNO8S. The lowest BCUT2D eigenvalue weighted by Gasteiger charge is -2.14. The largest absolute Gasteiger partial charge is 0.493 e. The third-order valence-electron chi connectivity index (χ3n) is 5.32. The molecule has 0 bridgehead atoms. The SMILES string of the molecule is COc1cc(/C=C\c2ccc(F)c(OC)c2CS(=O)(=O)c2cccc([N+](=O)[O-])c2)cc(OC)c1OC. The van der Waals surface area contributed by atoms with Crippen LogP contribution in [0.4, 0.5) is 10.1 Å². The molecule has 0 atom stereocenters. The summed E-state index contributed by atoms with van der Waals surface area (Å²) in [6, 6.07) is 10.6. The highest BCUT2D eigenvalue weighted by molar-refractivity contribution is 7.90. The van der Waals surface area contributed by atoms with E-state index in [1.807, 2.05) is 0 Å². The van der Waals surface area contributed by atoms with Crippen LogP contribution in [0, 0.1) is 15.9 Å². The lowest BCUT2D eigenvalue weighted by Crippen LogP contribution is -2.09. The van der Waals surface area contributed by atoms with Gasteiger partial charge in [-0.15, -0.1) is 0 Å². The highest BCUT2D eigenvalue weighted by Crippen LogP contribution is 2.39. The van der Waals surface area contributed by atoms with E-state index in [1.54, 1.807) is 24.3 Å². The van der Waals surface area contributed by atoms with E-state index in [0.29, 0.717) is 28.4 Å². The monoisotopic (exact) mass is 517 g/mol. The molecule has 0 saturated carbocycles. The fraction of sp³-hybridized carbons (Fsp3) is 0.200. The van der Waals surface area contributed by atoms with E-state index < -0.39 is 26.3 Å². The Hall–Kier alpha value is -4.12. The Labute approximate surface area is 207 Å². The van der Waals surface area contributed by atoms with Crippen molar-refractivity contribution in [1.82, 2.24) is 0 Å². The number of benzene rings is 3. The number of hydrogen-bond acceptors (Lipinski definition) is 8. The average molecular weight is 518 g/mol. The minimum Gasteiger partial charge on any atom is -0.493 e. The second kappa shape index (κ2) is 11.1. The van der Waals surface area contributed by atoms with E-state index in [1.165, 1.54) is 52.7 Å². The lowest BCUT2D eigenvalue weighted by atomic mass is 10.0. The Morgan fingerprint density at radius 2 is 1.53 bits per heavy atom. The Morgan fingerprint density at radius 3 is 2.08 bits per heavy atom. The maximum Gasteiger partial charge on any atom is 0.270 e. The summed E-state index contributed by atoms with van der Waals surface area (Å²) in [6.07, 6.45) is 3.27. The molecule has 3 aromatic rings. The Bertz CT molecular complexity index is 1390. The number of halogens is 1. The van der Waals surface area contributed by atoms with Gasteiger partial charge in [0.2, 0.25) is 5.75 Å². The molecule has 0 unspecified atom stereocenters. The van der Waals surface area contributed by atoms with E-state index in [2.05, 4.69) is 0 Å². The quantitative estimate of drug-likeness (QED) is 0.212. The van der Waals surface area contributed by atoms with Gasteiger partial charge in [0.1, 0.15) is 0 Å². The van der Waals surface area contributed by atoms with E-state index >= 15 is 0 Å². The van der Waals surface area contributed by atoms with Gasteiger partial charge >= 0.3 is 0 Å². The zero-order chi connectivity index (χ0) is 26.5. The first-order valence-corrected chi connectivity index (χ1v) is 12.1. The maximum atomic E-state index is 14.5. The number of non-ortho nitro benzene ring substituents is 1. The summed E-state index contributed by atoms with van der Waals surface area (Å²) in [5, 5.41) is 11.1. The van der Waals surface area contributed by atoms with Crippen LogP contribution in [0.3, 0.4) is 0 Å².